The molecular formula is C22H28N6O3. The second kappa shape index (κ2) is 7.27. The zero-order chi connectivity index (χ0) is 21.0. The summed E-state index contributed by atoms with van der Waals surface area (Å²) in [6.45, 7) is 1.35. The van der Waals surface area contributed by atoms with Crippen LogP contribution >= 0.6 is 0 Å². The minimum atomic E-state index is -0.516. The van der Waals surface area contributed by atoms with Gasteiger partial charge in [-0.2, -0.15) is 10.1 Å². The second-order valence-corrected chi connectivity index (χ2v) is 9.78. The minimum Gasteiger partial charge on any atom is -0.390 e. The number of hydrogen-bond donors (Lipinski definition) is 3. The Bertz CT molecular complexity index is 958. The lowest BCUT2D eigenvalue weighted by atomic mass is 9.52. The standard InChI is InChI=1S/C22H28N6O3/c29-20(26-18-14-6-13-7-15(18)10-22(30,8-13)9-14)17-11-23-21(25-16-2-5-31-12-16)27-19(17)28-4-1-3-24-28/h1,3-4,11,13-16,18,30H,2,5-10,12H2,(H,26,29)(H,23,25,27)/t13?,14?,15?,16-,18-,22+/m1/s1. The molecule has 2 aromatic rings. The van der Waals surface area contributed by atoms with Crippen molar-refractivity contribution in [1.29, 1.82) is 0 Å². The van der Waals surface area contributed by atoms with Gasteiger partial charge < -0.3 is 20.5 Å². The quantitative estimate of drug-likeness (QED) is 0.667. The Morgan fingerprint density at radius 3 is 2.77 bits per heavy atom. The highest BCUT2D eigenvalue weighted by Crippen LogP contribution is 2.55. The number of nitrogens with zero attached hydrogens (tertiary/aromatic N) is 4. The predicted molar refractivity (Wildman–Crippen MR) is 112 cm³/mol. The van der Waals surface area contributed by atoms with Crippen molar-refractivity contribution in [2.75, 3.05) is 18.5 Å². The maximum atomic E-state index is 13.4. The van der Waals surface area contributed by atoms with Gasteiger partial charge in [-0.1, -0.05) is 0 Å². The fourth-order valence-corrected chi connectivity index (χ4v) is 6.45. The van der Waals surface area contributed by atoms with Gasteiger partial charge in [-0.05, 0) is 62.3 Å². The number of aromatic nitrogens is 4. The number of amides is 1. The van der Waals surface area contributed by atoms with Gasteiger partial charge in [0.25, 0.3) is 5.91 Å². The molecule has 3 N–H and O–H groups in total. The molecule has 4 saturated carbocycles. The fourth-order valence-electron chi connectivity index (χ4n) is 6.45. The maximum absolute atomic E-state index is 13.4. The van der Waals surface area contributed by atoms with Crippen molar-refractivity contribution in [3.63, 3.8) is 0 Å². The smallest absolute Gasteiger partial charge is 0.256 e. The molecule has 2 unspecified atom stereocenters. The molecule has 7 rings (SSSR count). The molecule has 1 aliphatic heterocycles. The monoisotopic (exact) mass is 424 g/mol. The number of anilines is 1. The minimum absolute atomic E-state index is 0.100. The molecule has 1 amide bonds. The maximum Gasteiger partial charge on any atom is 0.256 e. The summed E-state index contributed by atoms with van der Waals surface area (Å²) in [5.74, 6) is 2.04. The number of rotatable bonds is 5. The lowest BCUT2D eigenvalue weighted by Crippen LogP contribution is -2.61. The molecule has 4 aliphatic carbocycles. The molecule has 3 heterocycles. The van der Waals surface area contributed by atoms with Gasteiger partial charge in [0.15, 0.2) is 5.82 Å². The van der Waals surface area contributed by atoms with Gasteiger partial charge in [0.1, 0.15) is 5.56 Å². The lowest BCUT2D eigenvalue weighted by Gasteiger charge is -2.58. The van der Waals surface area contributed by atoms with Crippen LogP contribution in [0.15, 0.2) is 24.7 Å². The molecule has 1 saturated heterocycles. The van der Waals surface area contributed by atoms with Gasteiger partial charge in [-0.3, -0.25) is 4.79 Å². The summed E-state index contributed by atoms with van der Waals surface area (Å²) in [5.41, 5.74) is -0.109. The highest BCUT2D eigenvalue weighted by atomic mass is 16.5. The van der Waals surface area contributed by atoms with Crippen LogP contribution in [0, 0.1) is 17.8 Å². The molecule has 3 atom stereocenters. The van der Waals surface area contributed by atoms with Crippen LogP contribution in [0.5, 0.6) is 0 Å². The van der Waals surface area contributed by atoms with Crippen LogP contribution in [0.4, 0.5) is 5.95 Å². The molecule has 0 spiro atoms. The normalized spacial score (nSPS) is 36.0. The van der Waals surface area contributed by atoms with Crippen molar-refractivity contribution < 1.29 is 14.6 Å². The molecule has 2 aromatic heterocycles. The summed E-state index contributed by atoms with van der Waals surface area (Å²) < 4.78 is 7.02. The van der Waals surface area contributed by atoms with Crippen molar-refractivity contribution in [2.24, 2.45) is 17.8 Å². The van der Waals surface area contributed by atoms with Gasteiger partial charge >= 0.3 is 0 Å². The molecule has 9 nitrogen and oxygen atoms in total. The SMILES string of the molecule is O=C(N[C@H]1C2CC3CC1C[C@@](O)(C3)C2)c1cnc(N[C@@H]2CCOC2)nc1-n1cccn1. The third-order valence-corrected chi connectivity index (χ3v) is 7.54. The second-order valence-electron chi connectivity index (χ2n) is 9.78. The van der Waals surface area contributed by atoms with E-state index < -0.39 is 5.60 Å². The van der Waals surface area contributed by atoms with Crippen molar-refractivity contribution in [1.82, 2.24) is 25.1 Å². The average molecular weight is 425 g/mol. The van der Waals surface area contributed by atoms with Crippen molar-refractivity contribution in [2.45, 2.75) is 56.2 Å². The summed E-state index contributed by atoms with van der Waals surface area (Å²) in [4.78, 5) is 22.4. The Balaban J connectivity index is 1.25. The first-order valence-electron chi connectivity index (χ1n) is 11.3. The van der Waals surface area contributed by atoms with Crippen molar-refractivity contribution >= 4 is 11.9 Å². The molecule has 4 bridgehead atoms. The Morgan fingerprint density at radius 2 is 2.10 bits per heavy atom. The highest BCUT2D eigenvalue weighted by Gasteiger charge is 2.55. The van der Waals surface area contributed by atoms with E-state index in [4.69, 9.17) is 4.74 Å². The molecule has 0 aromatic carbocycles. The van der Waals surface area contributed by atoms with Gasteiger partial charge in [0, 0.05) is 31.2 Å². The Hall–Kier alpha value is -2.52. The van der Waals surface area contributed by atoms with Crippen LogP contribution < -0.4 is 10.6 Å². The van der Waals surface area contributed by atoms with Crippen molar-refractivity contribution in [3.8, 4) is 5.82 Å². The molecule has 5 fully saturated rings. The number of nitrogens with one attached hydrogen (secondary N) is 2. The van der Waals surface area contributed by atoms with Crippen LogP contribution in [0.3, 0.4) is 0 Å². The van der Waals surface area contributed by atoms with Gasteiger partial charge in [-0.25, -0.2) is 9.67 Å². The zero-order valence-electron chi connectivity index (χ0n) is 17.4. The van der Waals surface area contributed by atoms with Gasteiger partial charge in [0.05, 0.1) is 18.2 Å². The van der Waals surface area contributed by atoms with E-state index in [1.807, 2.05) is 0 Å². The van der Waals surface area contributed by atoms with Crippen LogP contribution in [0.25, 0.3) is 5.82 Å². The first-order valence-corrected chi connectivity index (χ1v) is 11.3. The summed E-state index contributed by atoms with van der Waals surface area (Å²) >= 11 is 0. The number of aliphatic hydroxyl groups is 1. The lowest BCUT2D eigenvalue weighted by molar-refractivity contribution is -0.136. The molecule has 5 aliphatic rings. The molecule has 0 radical (unpaired) electrons. The Morgan fingerprint density at radius 1 is 1.26 bits per heavy atom. The van der Waals surface area contributed by atoms with E-state index in [-0.39, 0.29) is 18.0 Å². The fraction of sp³-hybridized carbons (Fsp3) is 0.636. The van der Waals surface area contributed by atoms with Gasteiger partial charge in [0.2, 0.25) is 5.95 Å². The van der Waals surface area contributed by atoms with E-state index in [0.717, 1.165) is 45.1 Å². The van der Waals surface area contributed by atoms with E-state index in [1.165, 1.54) is 0 Å². The topological polar surface area (TPSA) is 114 Å². The molecule has 9 heteroatoms. The summed E-state index contributed by atoms with van der Waals surface area (Å²) in [5, 5.41) is 21.7. The van der Waals surface area contributed by atoms with E-state index in [9.17, 15) is 9.90 Å². The molecule has 164 valence electrons. The Kier molecular flexibility index (Phi) is 4.50. The summed E-state index contributed by atoms with van der Waals surface area (Å²) in [6.07, 6.45) is 10.6. The third kappa shape index (κ3) is 3.49. The predicted octanol–water partition coefficient (Wildman–Crippen LogP) is 1.53. The summed E-state index contributed by atoms with van der Waals surface area (Å²) in [7, 11) is 0. The summed E-state index contributed by atoms with van der Waals surface area (Å²) in [6, 6.07) is 2.08. The first kappa shape index (κ1) is 19.2. The average Bonchev–Trinajstić information content (AvgIpc) is 3.43. The zero-order valence-corrected chi connectivity index (χ0v) is 17.4. The van der Waals surface area contributed by atoms with E-state index >= 15 is 0 Å². The number of carbonyl (C=O) groups excluding carboxylic acids is 1. The number of hydrogen-bond acceptors (Lipinski definition) is 7. The van der Waals surface area contributed by atoms with Gasteiger partial charge in [-0.15, -0.1) is 0 Å². The highest BCUT2D eigenvalue weighted by molar-refractivity contribution is 5.97. The van der Waals surface area contributed by atoms with E-state index in [0.29, 0.717) is 41.7 Å². The largest absolute Gasteiger partial charge is 0.390 e. The van der Waals surface area contributed by atoms with E-state index in [1.54, 1.807) is 29.3 Å². The number of carbonyl (C=O) groups is 1. The third-order valence-electron chi connectivity index (χ3n) is 7.54. The van der Waals surface area contributed by atoms with E-state index in [2.05, 4.69) is 25.7 Å². The van der Waals surface area contributed by atoms with Crippen LogP contribution in [0.2, 0.25) is 0 Å². The van der Waals surface area contributed by atoms with Crippen LogP contribution in [-0.2, 0) is 4.74 Å². The first-order chi connectivity index (χ1) is 15.1. The van der Waals surface area contributed by atoms with Crippen LogP contribution in [-0.4, -0.2) is 61.7 Å². The molecule has 31 heavy (non-hydrogen) atoms. The van der Waals surface area contributed by atoms with Crippen molar-refractivity contribution in [3.05, 3.63) is 30.2 Å². The van der Waals surface area contributed by atoms with Crippen LogP contribution in [0.1, 0.15) is 48.9 Å². The Labute approximate surface area is 180 Å². The molecular weight excluding hydrogens is 396 g/mol. The number of ether oxygens (including phenoxy) is 1.